The molecule has 1 heterocycles. The summed E-state index contributed by atoms with van der Waals surface area (Å²) in [5, 5.41) is 4.10. The average molecular weight is 237 g/mol. The van der Waals surface area contributed by atoms with Gasteiger partial charge in [0.05, 0.1) is 6.04 Å². The fourth-order valence-corrected chi connectivity index (χ4v) is 1.82. The normalized spacial score (nSPS) is 13.6. The van der Waals surface area contributed by atoms with Gasteiger partial charge < -0.3 is 5.32 Å². The monoisotopic (exact) mass is 237 g/mol. The second-order valence-electron chi connectivity index (χ2n) is 3.10. The first-order valence-corrected chi connectivity index (χ1v) is 5.16. The van der Waals surface area contributed by atoms with Crippen molar-refractivity contribution in [2.75, 3.05) is 0 Å². The molecule has 0 aliphatic rings. The maximum Gasteiger partial charge on any atom is 0.397 e. The molecule has 1 rings (SSSR count). The number of hydrogen-bond donors (Lipinski definition) is 1. The van der Waals surface area contributed by atoms with E-state index in [9.17, 15) is 18.0 Å². The molecule has 0 saturated heterocycles. The van der Waals surface area contributed by atoms with Crippen molar-refractivity contribution in [1.82, 2.24) is 5.32 Å². The second-order valence-corrected chi connectivity index (χ2v) is 4.08. The van der Waals surface area contributed by atoms with Crippen molar-refractivity contribution in [1.29, 1.82) is 0 Å². The zero-order valence-electron chi connectivity index (χ0n) is 7.97. The van der Waals surface area contributed by atoms with Crippen molar-refractivity contribution in [2.24, 2.45) is 0 Å². The van der Waals surface area contributed by atoms with Crippen LogP contribution in [0.4, 0.5) is 13.2 Å². The van der Waals surface area contributed by atoms with Crippen LogP contribution in [0.1, 0.15) is 24.3 Å². The van der Waals surface area contributed by atoms with E-state index in [0.717, 1.165) is 4.88 Å². The Hall–Kier alpha value is -1.04. The molecule has 6 heteroatoms. The summed E-state index contributed by atoms with van der Waals surface area (Å²) in [6.07, 6.45) is -5.87. The standard InChI is InChI=1S/C9H10F3NOS/c1-6(7-3-2-4-15-7)13-8(14)5-9(10,11)12/h2-4,6H,5H2,1H3,(H,13,14)/t6-/m1/s1. The molecule has 0 aromatic carbocycles. The summed E-state index contributed by atoms with van der Waals surface area (Å²) in [7, 11) is 0. The van der Waals surface area contributed by atoms with Crippen LogP contribution >= 0.6 is 11.3 Å². The Labute approximate surface area is 89.1 Å². The molecule has 1 aromatic rings. The second kappa shape index (κ2) is 4.65. The van der Waals surface area contributed by atoms with Crippen LogP contribution < -0.4 is 5.32 Å². The first-order valence-electron chi connectivity index (χ1n) is 4.28. The lowest BCUT2D eigenvalue weighted by Crippen LogP contribution is -2.30. The average Bonchev–Trinajstić information content (AvgIpc) is 2.50. The fraction of sp³-hybridized carbons (Fsp3) is 0.444. The smallest absolute Gasteiger partial charge is 0.348 e. The molecule has 0 spiro atoms. The Kier molecular flexibility index (Phi) is 3.73. The van der Waals surface area contributed by atoms with Gasteiger partial charge in [-0.25, -0.2) is 0 Å². The number of carbonyl (C=O) groups excluding carboxylic acids is 1. The van der Waals surface area contributed by atoms with Gasteiger partial charge in [-0.15, -0.1) is 11.3 Å². The molecule has 1 amide bonds. The van der Waals surface area contributed by atoms with Gasteiger partial charge in [0.25, 0.3) is 0 Å². The van der Waals surface area contributed by atoms with Crippen molar-refractivity contribution >= 4 is 17.2 Å². The molecule has 0 bridgehead atoms. The van der Waals surface area contributed by atoms with Gasteiger partial charge in [-0.05, 0) is 18.4 Å². The Bertz CT molecular complexity index is 321. The highest BCUT2D eigenvalue weighted by Crippen LogP contribution is 2.21. The summed E-state index contributed by atoms with van der Waals surface area (Å²) in [6.45, 7) is 1.65. The van der Waals surface area contributed by atoms with Crippen molar-refractivity contribution in [2.45, 2.75) is 25.6 Å². The van der Waals surface area contributed by atoms with Crippen LogP contribution in [-0.4, -0.2) is 12.1 Å². The van der Waals surface area contributed by atoms with Crippen molar-refractivity contribution in [3.8, 4) is 0 Å². The van der Waals surface area contributed by atoms with Gasteiger partial charge in [0.15, 0.2) is 0 Å². The molecule has 0 radical (unpaired) electrons. The van der Waals surface area contributed by atoms with Crippen LogP contribution in [0.15, 0.2) is 17.5 Å². The summed E-state index contributed by atoms with van der Waals surface area (Å²) in [4.78, 5) is 11.8. The molecule has 2 nitrogen and oxygen atoms in total. The molecule has 0 fully saturated rings. The third kappa shape index (κ3) is 4.33. The molecular weight excluding hydrogens is 227 g/mol. The Morgan fingerprint density at radius 1 is 1.60 bits per heavy atom. The first-order chi connectivity index (χ1) is 6.88. The summed E-state index contributed by atoms with van der Waals surface area (Å²) in [5.41, 5.74) is 0. The highest BCUT2D eigenvalue weighted by Gasteiger charge is 2.31. The van der Waals surface area contributed by atoms with E-state index in [4.69, 9.17) is 0 Å². The van der Waals surface area contributed by atoms with Gasteiger partial charge in [-0.3, -0.25) is 4.79 Å². The minimum atomic E-state index is -4.45. The number of nitrogens with one attached hydrogen (secondary N) is 1. The Balaban J connectivity index is 2.45. The fourth-order valence-electron chi connectivity index (χ4n) is 1.08. The number of carbonyl (C=O) groups is 1. The molecule has 15 heavy (non-hydrogen) atoms. The van der Waals surface area contributed by atoms with E-state index in [1.165, 1.54) is 11.3 Å². The predicted molar refractivity (Wildman–Crippen MR) is 51.5 cm³/mol. The van der Waals surface area contributed by atoms with E-state index in [1.807, 2.05) is 5.38 Å². The lowest BCUT2D eigenvalue weighted by molar-refractivity contribution is -0.154. The molecular formula is C9H10F3NOS. The van der Waals surface area contributed by atoms with E-state index in [0.29, 0.717) is 0 Å². The van der Waals surface area contributed by atoms with E-state index in [2.05, 4.69) is 5.32 Å². The van der Waals surface area contributed by atoms with Gasteiger partial charge in [0.1, 0.15) is 6.42 Å². The van der Waals surface area contributed by atoms with E-state index >= 15 is 0 Å². The lowest BCUT2D eigenvalue weighted by atomic mass is 10.2. The first kappa shape index (κ1) is 12.0. The number of hydrogen-bond acceptors (Lipinski definition) is 2. The third-order valence-electron chi connectivity index (χ3n) is 1.71. The zero-order chi connectivity index (χ0) is 11.5. The summed E-state index contributed by atoms with van der Waals surface area (Å²) in [6, 6.07) is 3.18. The summed E-state index contributed by atoms with van der Waals surface area (Å²) >= 11 is 1.40. The number of rotatable bonds is 3. The minimum Gasteiger partial charge on any atom is -0.348 e. The largest absolute Gasteiger partial charge is 0.397 e. The molecule has 84 valence electrons. The number of halogens is 3. The van der Waals surface area contributed by atoms with Gasteiger partial charge in [0, 0.05) is 4.88 Å². The summed E-state index contributed by atoms with van der Waals surface area (Å²) in [5.74, 6) is -0.997. The van der Waals surface area contributed by atoms with Crippen LogP contribution in [-0.2, 0) is 4.79 Å². The Morgan fingerprint density at radius 3 is 2.73 bits per heavy atom. The highest BCUT2D eigenvalue weighted by atomic mass is 32.1. The predicted octanol–water partition coefficient (Wildman–Crippen LogP) is 2.88. The molecule has 1 N–H and O–H groups in total. The number of amides is 1. The molecule has 1 atom stereocenters. The number of thiophene rings is 1. The minimum absolute atomic E-state index is 0.375. The van der Waals surface area contributed by atoms with Crippen LogP contribution in [0, 0.1) is 0 Å². The van der Waals surface area contributed by atoms with Gasteiger partial charge >= 0.3 is 6.18 Å². The van der Waals surface area contributed by atoms with Crippen LogP contribution in [0.5, 0.6) is 0 Å². The van der Waals surface area contributed by atoms with E-state index in [-0.39, 0.29) is 6.04 Å². The van der Waals surface area contributed by atoms with Crippen molar-refractivity contribution in [3.05, 3.63) is 22.4 Å². The van der Waals surface area contributed by atoms with Crippen molar-refractivity contribution < 1.29 is 18.0 Å². The molecule has 1 aromatic heterocycles. The lowest BCUT2D eigenvalue weighted by Gasteiger charge is -2.13. The molecule has 0 aliphatic heterocycles. The van der Waals surface area contributed by atoms with Gasteiger partial charge in [-0.1, -0.05) is 6.07 Å². The zero-order valence-corrected chi connectivity index (χ0v) is 8.78. The topological polar surface area (TPSA) is 29.1 Å². The summed E-state index contributed by atoms with van der Waals surface area (Å²) < 4.78 is 35.5. The Morgan fingerprint density at radius 2 is 2.27 bits per heavy atom. The molecule has 0 unspecified atom stereocenters. The molecule has 0 saturated carbocycles. The van der Waals surface area contributed by atoms with Crippen LogP contribution in [0.25, 0.3) is 0 Å². The van der Waals surface area contributed by atoms with Crippen LogP contribution in [0.3, 0.4) is 0 Å². The van der Waals surface area contributed by atoms with Crippen LogP contribution in [0.2, 0.25) is 0 Å². The van der Waals surface area contributed by atoms with Crippen molar-refractivity contribution in [3.63, 3.8) is 0 Å². The SMILES string of the molecule is C[C@@H](NC(=O)CC(F)(F)F)c1cccs1. The maximum absolute atomic E-state index is 11.8. The third-order valence-corrected chi connectivity index (χ3v) is 2.76. The quantitative estimate of drug-likeness (QED) is 0.860. The number of alkyl halides is 3. The van der Waals surface area contributed by atoms with Gasteiger partial charge in [0.2, 0.25) is 5.91 Å². The molecule has 0 aliphatic carbocycles. The van der Waals surface area contributed by atoms with E-state index in [1.54, 1.807) is 19.1 Å². The van der Waals surface area contributed by atoms with E-state index < -0.39 is 18.5 Å². The highest BCUT2D eigenvalue weighted by molar-refractivity contribution is 7.10. The van der Waals surface area contributed by atoms with Gasteiger partial charge in [-0.2, -0.15) is 13.2 Å². The maximum atomic E-state index is 11.8.